The molecule has 0 spiro atoms. The van der Waals surface area contributed by atoms with Crippen LogP contribution in [0.3, 0.4) is 0 Å². The number of nitrogens with zero attached hydrogens (tertiary/aromatic N) is 5. The highest BCUT2D eigenvalue weighted by Gasteiger charge is 2.11. The second kappa shape index (κ2) is 5.76. The predicted molar refractivity (Wildman–Crippen MR) is 76.7 cm³/mol. The number of nitrogens with one attached hydrogen (secondary N) is 1. The highest BCUT2D eigenvalue weighted by atomic mass is 19.1. The number of aryl methyl sites for hydroxylation is 1. The van der Waals surface area contributed by atoms with Crippen LogP contribution in [-0.2, 0) is 13.6 Å². The lowest BCUT2D eigenvalue weighted by atomic mass is 10.2. The van der Waals surface area contributed by atoms with Crippen molar-refractivity contribution >= 4 is 11.9 Å². The lowest BCUT2D eigenvalue weighted by molar-refractivity contribution is 0.102. The van der Waals surface area contributed by atoms with Gasteiger partial charge in [-0.3, -0.25) is 14.8 Å². The zero-order valence-electron chi connectivity index (χ0n) is 11.8. The van der Waals surface area contributed by atoms with Gasteiger partial charge in [-0.25, -0.2) is 14.1 Å². The number of amides is 1. The van der Waals surface area contributed by atoms with E-state index in [-0.39, 0.29) is 17.7 Å². The van der Waals surface area contributed by atoms with Gasteiger partial charge in [-0.15, -0.1) is 5.10 Å². The smallest absolute Gasteiger partial charge is 0.261 e. The molecular weight excluding hydrogens is 287 g/mol. The second-order valence-electron chi connectivity index (χ2n) is 4.75. The topological polar surface area (TPSA) is 77.6 Å². The van der Waals surface area contributed by atoms with E-state index < -0.39 is 0 Å². The zero-order valence-corrected chi connectivity index (χ0v) is 11.8. The summed E-state index contributed by atoms with van der Waals surface area (Å²) < 4.78 is 16.2. The Bertz CT molecular complexity index is 809. The van der Waals surface area contributed by atoms with Gasteiger partial charge < -0.3 is 0 Å². The van der Waals surface area contributed by atoms with Crippen molar-refractivity contribution in [2.75, 3.05) is 5.32 Å². The summed E-state index contributed by atoms with van der Waals surface area (Å²) in [4.78, 5) is 15.9. The largest absolute Gasteiger partial charge is 0.289 e. The number of carbonyl (C=O) groups excluding carboxylic acids is 1. The van der Waals surface area contributed by atoms with Gasteiger partial charge in [-0.1, -0.05) is 12.1 Å². The summed E-state index contributed by atoms with van der Waals surface area (Å²) in [5, 5.41) is 10.6. The van der Waals surface area contributed by atoms with Crippen molar-refractivity contribution in [2.45, 2.75) is 6.54 Å². The molecule has 0 unspecified atom stereocenters. The minimum Gasteiger partial charge on any atom is -0.289 e. The van der Waals surface area contributed by atoms with Crippen LogP contribution in [0.15, 0.2) is 43.0 Å². The Morgan fingerprint density at radius 2 is 2.27 bits per heavy atom. The van der Waals surface area contributed by atoms with Crippen LogP contribution < -0.4 is 5.32 Å². The number of benzene rings is 1. The Balaban J connectivity index is 1.67. The maximum atomic E-state index is 13.1. The summed E-state index contributed by atoms with van der Waals surface area (Å²) in [6.45, 7) is 0.369. The van der Waals surface area contributed by atoms with Gasteiger partial charge in [-0.05, 0) is 17.7 Å². The van der Waals surface area contributed by atoms with Gasteiger partial charge in [0.15, 0.2) is 0 Å². The van der Waals surface area contributed by atoms with E-state index in [0.717, 1.165) is 5.56 Å². The second-order valence-corrected chi connectivity index (χ2v) is 4.75. The first-order chi connectivity index (χ1) is 10.6. The summed E-state index contributed by atoms with van der Waals surface area (Å²) in [6, 6.07) is 6.23. The molecule has 112 valence electrons. The Morgan fingerprint density at radius 1 is 1.41 bits per heavy atom. The average Bonchev–Trinajstić information content (AvgIpc) is 3.08. The lowest BCUT2D eigenvalue weighted by Crippen LogP contribution is -2.13. The van der Waals surface area contributed by atoms with Gasteiger partial charge in [0, 0.05) is 13.2 Å². The van der Waals surface area contributed by atoms with Crippen LogP contribution in [0, 0.1) is 5.82 Å². The van der Waals surface area contributed by atoms with Crippen molar-refractivity contribution < 1.29 is 9.18 Å². The van der Waals surface area contributed by atoms with E-state index in [1.165, 1.54) is 34.0 Å². The number of hydrogen-bond donors (Lipinski definition) is 1. The quantitative estimate of drug-likeness (QED) is 0.791. The molecule has 22 heavy (non-hydrogen) atoms. The molecular formula is C14H13FN6O. The van der Waals surface area contributed by atoms with E-state index in [1.54, 1.807) is 25.4 Å². The first-order valence-electron chi connectivity index (χ1n) is 6.54. The van der Waals surface area contributed by atoms with E-state index in [2.05, 4.69) is 20.5 Å². The van der Waals surface area contributed by atoms with Gasteiger partial charge >= 0.3 is 0 Å². The molecule has 0 bridgehead atoms. The zero-order chi connectivity index (χ0) is 15.5. The fourth-order valence-corrected chi connectivity index (χ4v) is 1.96. The van der Waals surface area contributed by atoms with Crippen molar-refractivity contribution in [1.82, 2.24) is 24.5 Å². The van der Waals surface area contributed by atoms with Gasteiger partial charge in [0.1, 0.15) is 12.1 Å². The standard InChI is InChI=1S/C14H13FN6O/c1-20-8-11(6-17-20)13(22)18-14-16-9-21(19-14)7-10-3-2-4-12(15)5-10/h2-6,8-9H,7H2,1H3,(H,18,19,22). The SMILES string of the molecule is Cn1cc(C(=O)Nc2ncn(Cc3cccc(F)c3)n2)cn1. The molecule has 1 amide bonds. The van der Waals surface area contributed by atoms with Crippen LogP contribution >= 0.6 is 0 Å². The monoisotopic (exact) mass is 300 g/mol. The molecule has 0 saturated heterocycles. The summed E-state index contributed by atoms with van der Waals surface area (Å²) >= 11 is 0. The van der Waals surface area contributed by atoms with Crippen molar-refractivity contribution in [3.05, 3.63) is 59.9 Å². The van der Waals surface area contributed by atoms with Crippen molar-refractivity contribution in [2.24, 2.45) is 7.05 Å². The molecule has 3 rings (SSSR count). The molecule has 0 radical (unpaired) electrons. The fraction of sp³-hybridized carbons (Fsp3) is 0.143. The molecule has 3 aromatic rings. The number of carbonyl (C=O) groups is 1. The molecule has 0 atom stereocenters. The number of aromatic nitrogens is 5. The first kappa shape index (κ1) is 13.9. The predicted octanol–water partition coefficient (Wildman–Crippen LogP) is 1.45. The minimum absolute atomic E-state index is 0.185. The Kier molecular flexibility index (Phi) is 3.65. The summed E-state index contributed by atoms with van der Waals surface area (Å²) in [5.74, 6) is -0.454. The Hall–Kier alpha value is -3.03. The van der Waals surface area contributed by atoms with Gasteiger partial charge in [0.25, 0.3) is 5.91 Å². The van der Waals surface area contributed by atoms with E-state index in [4.69, 9.17) is 0 Å². The third-order valence-electron chi connectivity index (χ3n) is 2.96. The fourth-order valence-electron chi connectivity index (χ4n) is 1.96. The van der Waals surface area contributed by atoms with Crippen LogP contribution in [0.5, 0.6) is 0 Å². The first-order valence-corrected chi connectivity index (χ1v) is 6.54. The summed E-state index contributed by atoms with van der Waals surface area (Å²) in [5.41, 5.74) is 1.18. The molecule has 1 aromatic carbocycles. The van der Waals surface area contributed by atoms with Gasteiger partial charge in [-0.2, -0.15) is 5.10 Å². The van der Waals surface area contributed by atoms with Crippen LogP contribution in [0.1, 0.15) is 15.9 Å². The molecule has 2 aromatic heterocycles. The third kappa shape index (κ3) is 3.17. The molecule has 0 fully saturated rings. The van der Waals surface area contributed by atoms with Crippen LogP contribution in [0.2, 0.25) is 0 Å². The molecule has 2 heterocycles. The minimum atomic E-state index is -0.336. The van der Waals surface area contributed by atoms with Crippen LogP contribution in [0.4, 0.5) is 10.3 Å². The number of anilines is 1. The molecule has 0 aliphatic rings. The van der Waals surface area contributed by atoms with Crippen molar-refractivity contribution in [3.8, 4) is 0 Å². The normalized spacial score (nSPS) is 10.6. The van der Waals surface area contributed by atoms with Crippen molar-refractivity contribution in [3.63, 3.8) is 0 Å². The number of rotatable bonds is 4. The Morgan fingerprint density at radius 3 is 3.00 bits per heavy atom. The van der Waals surface area contributed by atoms with E-state index in [1.807, 2.05) is 0 Å². The maximum Gasteiger partial charge on any atom is 0.261 e. The maximum absolute atomic E-state index is 13.1. The average molecular weight is 300 g/mol. The van der Waals surface area contributed by atoms with Gasteiger partial charge in [0.05, 0.1) is 18.3 Å². The molecule has 7 nitrogen and oxygen atoms in total. The van der Waals surface area contributed by atoms with E-state index in [9.17, 15) is 9.18 Å². The van der Waals surface area contributed by atoms with Gasteiger partial charge in [0.2, 0.25) is 5.95 Å². The summed E-state index contributed by atoms with van der Waals surface area (Å²) in [6.07, 6.45) is 4.53. The third-order valence-corrected chi connectivity index (χ3v) is 2.96. The molecule has 8 heteroatoms. The van der Waals surface area contributed by atoms with Crippen LogP contribution in [0.25, 0.3) is 0 Å². The Labute approximate surface area is 125 Å². The van der Waals surface area contributed by atoms with E-state index >= 15 is 0 Å². The number of hydrogen-bond acceptors (Lipinski definition) is 4. The highest BCUT2D eigenvalue weighted by molar-refractivity contribution is 6.02. The molecule has 0 aliphatic heterocycles. The van der Waals surface area contributed by atoms with Crippen molar-refractivity contribution in [1.29, 1.82) is 0 Å². The summed E-state index contributed by atoms with van der Waals surface area (Å²) in [7, 11) is 1.72. The molecule has 1 N–H and O–H groups in total. The van der Waals surface area contributed by atoms with Crippen LogP contribution in [-0.4, -0.2) is 30.5 Å². The lowest BCUT2D eigenvalue weighted by Gasteiger charge is -2.01. The molecule has 0 saturated carbocycles. The van der Waals surface area contributed by atoms with E-state index in [0.29, 0.717) is 12.1 Å². The highest BCUT2D eigenvalue weighted by Crippen LogP contribution is 2.07. The number of halogens is 1. The molecule has 0 aliphatic carbocycles.